The Labute approximate surface area is 98.9 Å². The van der Waals surface area contributed by atoms with Gasteiger partial charge in [-0.05, 0) is 20.3 Å². The third kappa shape index (κ3) is 1.79. The van der Waals surface area contributed by atoms with Crippen molar-refractivity contribution in [2.24, 2.45) is 11.3 Å². The fourth-order valence-electron chi connectivity index (χ4n) is 3.29. The standard InChI is InChI=1S/C13H25NO2/c1-8(9(2)15-5)14-11-10-6-7-16-12(10)13(11,3)4/h8-12,14H,6-7H2,1-5H3. The predicted molar refractivity (Wildman–Crippen MR) is 64.5 cm³/mol. The lowest BCUT2D eigenvalue weighted by Gasteiger charge is -2.56. The Hall–Kier alpha value is -0.120. The van der Waals surface area contributed by atoms with E-state index in [0.717, 1.165) is 6.61 Å². The maximum absolute atomic E-state index is 5.79. The molecule has 1 aliphatic carbocycles. The zero-order chi connectivity index (χ0) is 11.9. The van der Waals surface area contributed by atoms with E-state index in [2.05, 4.69) is 33.0 Å². The molecule has 0 bridgehead atoms. The van der Waals surface area contributed by atoms with Crippen molar-refractivity contribution in [2.75, 3.05) is 13.7 Å². The van der Waals surface area contributed by atoms with Crippen molar-refractivity contribution in [1.29, 1.82) is 0 Å². The summed E-state index contributed by atoms with van der Waals surface area (Å²) in [4.78, 5) is 0. The first kappa shape index (κ1) is 12.3. The SMILES string of the molecule is COC(C)C(C)NC1C2CCOC2C1(C)C. The van der Waals surface area contributed by atoms with E-state index in [-0.39, 0.29) is 11.5 Å². The third-order valence-corrected chi connectivity index (χ3v) is 4.62. The summed E-state index contributed by atoms with van der Waals surface area (Å²) in [5.41, 5.74) is 0.267. The molecular formula is C13H25NO2. The zero-order valence-corrected chi connectivity index (χ0v) is 11.1. The molecule has 2 aliphatic rings. The summed E-state index contributed by atoms with van der Waals surface area (Å²) in [6, 6.07) is 0.975. The molecule has 1 aliphatic heterocycles. The topological polar surface area (TPSA) is 30.5 Å². The molecular weight excluding hydrogens is 202 g/mol. The summed E-state index contributed by atoms with van der Waals surface area (Å²) in [6.45, 7) is 9.87. The normalized spacial score (nSPS) is 39.9. The van der Waals surface area contributed by atoms with E-state index in [1.807, 2.05) is 0 Å². The zero-order valence-electron chi connectivity index (χ0n) is 11.1. The Balaban J connectivity index is 1.95. The van der Waals surface area contributed by atoms with Gasteiger partial charge in [-0.25, -0.2) is 0 Å². The minimum Gasteiger partial charge on any atom is -0.380 e. The maximum atomic E-state index is 5.79. The third-order valence-electron chi connectivity index (χ3n) is 4.62. The van der Waals surface area contributed by atoms with E-state index in [0.29, 0.717) is 24.1 Å². The molecule has 2 rings (SSSR count). The van der Waals surface area contributed by atoms with Gasteiger partial charge in [0.05, 0.1) is 12.2 Å². The summed E-state index contributed by atoms with van der Waals surface area (Å²) in [5, 5.41) is 3.72. The minimum absolute atomic E-state index is 0.261. The van der Waals surface area contributed by atoms with Crippen molar-refractivity contribution in [3.05, 3.63) is 0 Å². The van der Waals surface area contributed by atoms with Gasteiger partial charge >= 0.3 is 0 Å². The quantitative estimate of drug-likeness (QED) is 0.794. The van der Waals surface area contributed by atoms with E-state index >= 15 is 0 Å². The van der Waals surface area contributed by atoms with E-state index in [1.54, 1.807) is 7.11 Å². The molecule has 0 aromatic carbocycles. The molecule has 5 unspecified atom stereocenters. The number of rotatable bonds is 4. The molecule has 0 radical (unpaired) electrons. The number of hydrogen-bond donors (Lipinski definition) is 1. The maximum Gasteiger partial charge on any atom is 0.0693 e. The van der Waals surface area contributed by atoms with Gasteiger partial charge in [0, 0.05) is 37.1 Å². The van der Waals surface area contributed by atoms with Crippen LogP contribution < -0.4 is 5.32 Å². The first-order chi connectivity index (χ1) is 7.48. The van der Waals surface area contributed by atoms with Crippen LogP contribution in [0.15, 0.2) is 0 Å². The molecule has 0 spiro atoms. The molecule has 1 N–H and O–H groups in total. The fraction of sp³-hybridized carbons (Fsp3) is 1.00. The Morgan fingerprint density at radius 2 is 2.06 bits per heavy atom. The van der Waals surface area contributed by atoms with Gasteiger partial charge in [0.25, 0.3) is 0 Å². The molecule has 16 heavy (non-hydrogen) atoms. The summed E-state index contributed by atoms with van der Waals surface area (Å²) in [5.74, 6) is 0.710. The van der Waals surface area contributed by atoms with Gasteiger partial charge in [-0.15, -0.1) is 0 Å². The van der Waals surface area contributed by atoms with Crippen LogP contribution in [0.5, 0.6) is 0 Å². The van der Waals surface area contributed by atoms with Crippen molar-refractivity contribution < 1.29 is 9.47 Å². The first-order valence-electron chi connectivity index (χ1n) is 6.39. The lowest BCUT2D eigenvalue weighted by Crippen LogP contribution is -2.68. The molecule has 0 aromatic heterocycles. The highest BCUT2D eigenvalue weighted by atomic mass is 16.5. The van der Waals surface area contributed by atoms with Crippen molar-refractivity contribution in [3.8, 4) is 0 Å². The lowest BCUT2D eigenvalue weighted by atomic mass is 9.57. The van der Waals surface area contributed by atoms with E-state index in [4.69, 9.17) is 9.47 Å². The average Bonchev–Trinajstić information content (AvgIpc) is 2.70. The smallest absolute Gasteiger partial charge is 0.0693 e. The van der Waals surface area contributed by atoms with Gasteiger partial charge in [0.2, 0.25) is 0 Å². The van der Waals surface area contributed by atoms with Crippen LogP contribution in [0.1, 0.15) is 34.1 Å². The summed E-state index contributed by atoms with van der Waals surface area (Å²) < 4.78 is 11.2. The van der Waals surface area contributed by atoms with E-state index in [9.17, 15) is 0 Å². The number of methoxy groups -OCH3 is 1. The van der Waals surface area contributed by atoms with Crippen LogP contribution in [0, 0.1) is 11.3 Å². The molecule has 3 nitrogen and oxygen atoms in total. The monoisotopic (exact) mass is 227 g/mol. The van der Waals surface area contributed by atoms with Crippen LogP contribution in [0.25, 0.3) is 0 Å². The average molecular weight is 227 g/mol. The van der Waals surface area contributed by atoms with Crippen LogP contribution in [0.3, 0.4) is 0 Å². The highest BCUT2D eigenvalue weighted by Gasteiger charge is 2.59. The van der Waals surface area contributed by atoms with Crippen molar-refractivity contribution in [1.82, 2.24) is 5.32 Å². The summed E-state index contributed by atoms with van der Waals surface area (Å²) in [6.07, 6.45) is 1.94. The van der Waals surface area contributed by atoms with Crippen LogP contribution in [-0.4, -0.2) is 38.0 Å². The molecule has 1 saturated heterocycles. The molecule has 0 aromatic rings. The Kier molecular flexibility index (Phi) is 3.30. The van der Waals surface area contributed by atoms with Gasteiger partial charge in [-0.3, -0.25) is 0 Å². The number of hydrogen-bond acceptors (Lipinski definition) is 3. The molecule has 94 valence electrons. The van der Waals surface area contributed by atoms with Gasteiger partial charge in [0.1, 0.15) is 0 Å². The molecule has 2 fully saturated rings. The number of fused-ring (bicyclic) bond motifs is 1. The summed E-state index contributed by atoms with van der Waals surface area (Å²) in [7, 11) is 1.77. The first-order valence-corrected chi connectivity index (χ1v) is 6.39. The van der Waals surface area contributed by atoms with Gasteiger partial charge < -0.3 is 14.8 Å². The van der Waals surface area contributed by atoms with Crippen LogP contribution in [-0.2, 0) is 9.47 Å². The van der Waals surface area contributed by atoms with Crippen LogP contribution in [0.4, 0.5) is 0 Å². The van der Waals surface area contributed by atoms with Gasteiger partial charge in [0.15, 0.2) is 0 Å². The molecule has 0 amide bonds. The molecule has 5 atom stereocenters. The highest BCUT2D eigenvalue weighted by molar-refractivity contribution is 5.11. The Morgan fingerprint density at radius 1 is 1.38 bits per heavy atom. The van der Waals surface area contributed by atoms with E-state index < -0.39 is 0 Å². The van der Waals surface area contributed by atoms with Crippen LogP contribution in [0.2, 0.25) is 0 Å². The molecule has 1 heterocycles. The second-order valence-electron chi connectivity index (χ2n) is 5.94. The molecule has 3 heteroatoms. The van der Waals surface area contributed by atoms with E-state index in [1.165, 1.54) is 6.42 Å². The lowest BCUT2D eigenvalue weighted by molar-refractivity contribution is -0.118. The van der Waals surface area contributed by atoms with Gasteiger partial charge in [-0.2, -0.15) is 0 Å². The van der Waals surface area contributed by atoms with Crippen molar-refractivity contribution in [2.45, 2.75) is 58.4 Å². The Morgan fingerprint density at radius 3 is 2.69 bits per heavy atom. The number of ether oxygens (including phenoxy) is 2. The fourth-order valence-corrected chi connectivity index (χ4v) is 3.29. The predicted octanol–water partition coefficient (Wildman–Crippen LogP) is 1.81. The highest BCUT2D eigenvalue weighted by Crippen LogP contribution is 2.52. The van der Waals surface area contributed by atoms with Crippen LogP contribution >= 0.6 is 0 Å². The van der Waals surface area contributed by atoms with Crippen molar-refractivity contribution in [3.63, 3.8) is 0 Å². The minimum atomic E-state index is 0.261. The molecule has 1 saturated carbocycles. The largest absolute Gasteiger partial charge is 0.380 e. The van der Waals surface area contributed by atoms with Crippen molar-refractivity contribution >= 4 is 0 Å². The second-order valence-corrected chi connectivity index (χ2v) is 5.94. The second kappa shape index (κ2) is 4.28. The summed E-state index contributed by atoms with van der Waals surface area (Å²) >= 11 is 0. The van der Waals surface area contributed by atoms with Gasteiger partial charge in [-0.1, -0.05) is 13.8 Å². The Bertz CT molecular complexity index is 254. The number of nitrogens with one attached hydrogen (secondary N) is 1.